The number of halogens is 1. The Morgan fingerprint density at radius 3 is 2.48 bits per heavy atom. The van der Waals surface area contributed by atoms with E-state index in [0.717, 1.165) is 0 Å². The molecule has 0 radical (unpaired) electrons. The summed E-state index contributed by atoms with van der Waals surface area (Å²) in [4.78, 5) is 10.4. The van der Waals surface area contributed by atoms with E-state index in [1.165, 1.54) is 24.3 Å². The lowest BCUT2D eigenvalue weighted by atomic mass is 10.0. The maximum absolute atomic E-state index is 10.9. The summed E-state index contributed by atoms with van der Waals surface area (Å²) in [5, 5.41) is 30.0. The lowest BCUT2D eigenvalue weighted by Crippen LogP contribution is -2.02. The van der Waals surface area contributed by atoms with Crippen molar-refractivity contribution in [2.75, 3.05) is 6.61 Å². The SMILES string of the molecule is CCOc1cc(/C=C(\C#N)c2ccc([N+](=O)[O-])cc2)cc(Cl)c1OCc1ccccc1C#N. The normalized spacial score (nSPS) is 10.7. The van der Waals surface area contributed by atoms with Gasteiger partial charge in [0.15, 0.2) is 11.5 Å². The summed E-state index contributed by atoms with van der Waals surface area (Å²) in [7, 11) is 0. The number of nitriles is 2. The number of nitrogens with zero attached hydrogens (tertiary/aromatic N) is 3. The minimum absolute atomic E-state index is 0.0582. The molecule has 0 bridgehead atoms. The number of ether oxygens (including phenoxy) is 2. The van der Waals surface area contributed by atoms with E-state index in [1.807, 2.05) is 13.0 Å². The van der Waals surface area contributed by atoms with Gasteiger partial charge in [0.05, 0.1) is 39.8 Å². The summed E-state index contributed by atoms with van der Waals surface area (Å²) in [6, 6.07) is 20.4. The van der Waals surface area contributed by atoms with Gasteiger partial charge in [0.2, 0.25) is 0 Å². The molecule has 0 atom stereocenters. The van der Waals surface area contributed by atoms with Gasteiger partial charge in [-0.15, -0.1) is 0 Å². The fourth-order valence-corrected chi connectivity index (χ4v) is 3.36. The molecule has 8 heteroatoms. The zero-order chi connectivity index (χ0) is 23.8. The third-order valence-electron chi connectivity index (χ3n) is 4.66. The molecule has 0 heterocycles. The Morgan fingerprint density at radius 2 is 1.85 bits per heavy atom. The van der Waals surface area contributed by atoms with E-state index >= 15 is 0 Å². The molecule has 0 spiro atoms. The molecule has 0 N–H and O–H groups in total. The van der Waals surface area contributed by atoms with Gasteiger partial charge in [-0.3, -0.25) is 10.1 Å². The molecule has 0 aliphatic heterocycles. The summed E-state index contributed by atoms with van der Waals surface area (Å²) >= 11 is 6.48. The number of nitro groups is 1. The van der Waals surface area contributed by atoms with Crippen molar-refractivity contribution in [3.8, 4) is 23.6 Å². The van der Waals surface area contributed by atoms with E-state index in [-0.39, 0.29) is 17.3 Å². The average molecular weight is 460 g/mol. The second kappa shape index (κ2) is 10.8. The highest BCUT2D eigenvalue weighted by atomic mass is 35.5. The Kier molecular flexibility index (Phi) is 7.64. The predicted octanol–water partition coefficient (Wildman–Crippen LogP) is 6.16. The topological polar surface area (TPSA) is 109 Å². The van der Waals surface area contributed by atoms with Crippen LogP contribution in [0.15, 0.2) is 60.7 Å². The van der Waals surface area contributed by atoms with Gasteiger partial charge in [0.1, 0.15) is 6.61 Å². The highest BCUT2D eigenvalue weighted by molar-refractivity contribution is 6.32. The number of allylic oxidation sites excluding steroid dienone is 1. The fourth-order valence-electron chi connectivity index (χ4n) is 3.09. The smallest absolute Gasteiger partial charge is 0.269 e. The summed E-state index contributed by atoms with van der Waals surface area (Å²) in [5.41, 5.74) is 2.60. The lowest BCUT2D eigenvalue weighted by Gasteiger charge is -2.15. The highest BCUT2D eigenvalue weighted by Gasteiger charge is 2.14. The van der Waals surface area contributed by atoms with Gasteiger partial charge in [-0.1, -0.05) is 29.8 Å². The quantitative estimate of drug-likeness (QED) is 0.172. The molecule has 0 aliphatic rings. The van der Waals surface area contributed by atoms with Gasteiger partial charge in [0, 0.05) is 17.7 Å². The minimum atomic E-state index is -0.499. The number of nitro benzene ring substituents is 1. The molecule has 0 aliphatic carbocycles. The van der Waals surface area contributed by atoms with Gasteiger partial charge in [0.25, 0.3) is 5.69 Å². The summed E-state index contributed by atoms with van der Waals surface area (Å²) in [6.07, 6.45) is 1.62. The molecule has 0 fully saturated rings. The van der Waals surface area contributed by atoms with Crippen LogP contribution in [0.4, 0.5) is 5.69 Å². The zero-order valence-corrected chi connectivity index (χ0v) is 18.4. The van der Waals surface area contributed by atoms with Crippen molar-refractivity contribution < 1.29 is 14.4 Å². The highest BCUT2D eigenvalue weighted by Crippen LogP contribution is 2.38. The van der Waals surface area contributed by atoms with Crippen LogP contribution in [0, 0.1) is 32.8 Å². The zero-order valence-electron chi connectivity index (χ0n) is 17.6. The number of non-ortho nitro benzene ring substituents is 1. The molecule has 7 nitrogen and oxygen atoms in total. The number of hydrogen-bond donors (Lipinski definition) is 0. The van der Waals surface area contributed by atoms with Crippen molar-refractivity contribution in [3.05, 3.63) is 98.1 Å². The van der Waals surface area contributed by atoms with Crippen LogP contribution in [0.25, 0.3) is 11.6 Å². The second-order valence-corrected chi connectivity index (χ2v) is 7.20. The van der Waals surface area contributed by atoms with Gasteiger partial charge in [-0.2, -0.15) is 10.5 Å². The maximum atomic E-state index is 10.9. The minimum Gasteiger partial charge on any atom is -0.490 e. The monoisotopic (exact) mass is 459 g/mol. The van der Waals surface area contributed by atoms with Crippen molar-refractivity contribution in [1.82, 2.24) is 0 Å². The van der Waals surface area contributed by atoms with Crippen LogP contribution in [0.2, 0.25) is 5.02 Å². The first-order valence-corrected chi connectivity index (χ1v) is 10.3. The van der Waals surface area contributed by atoms with E-state index in [2.05, 4.69) is 12.1 Å². The first-order chi connectivity index (χ1) is 16.0. The van der Waals surface area contributed by atoms with E-state index in [4.69, 9.17) is 21.1 Å². The molecule has 33 heavy (non-hydrogen) atoms. The molecule has 3 rings (SSSR count). The number of hydrogen-bond acceptors (Lipinski definition) is 6. The first-order valence-electron chi connectivity index (χ1n) is 9.90. The number of rotatable bonds is 8. The van der Waals surface area contributed by atoms with Crippen LogP contribution >= 0.6 is 11.6 Å². The Morgan fingerprint density at radius 1 is 1.12 bits per heavy atom. The molecule has 0 saturated heterocycles. The van der Waals surface area contributed by atoms with E-state index < -0.39 is 4.92 Å². The number of benzene rings is 3. The molecule has 3 aromatic carbocycles. The molecule has 164 valence electrons. The molecule has 3 aromatic rings. The third-order valence-corrected chi connectivity index (χ3v) is 4.94. The molecular weight excluding hydrogens is 442 g/mol. The molecule has 0 aromatic heterocycles. The molecular formula is C25H18ClN3O4. The van der Waals surface area contributed by atoms with Gasteiger partial charge in [-0.25, -0.2) is 0 Å². The van der Waals surface area contributed by atoms with Crippen LogP contribution in [-0.2, 0) is 6.61 Å². The first kappa shape index (κ1) is 23.3. The van der Waals surface area contributed by atoms with Crippen molar-refractivity contribution in [2.45, 2.75) is 13.5 Å². The summed E-state index contributed by atoms with van der Waals surface area (Å²) in [6.45, 7) is 2.32. The standard InChI is InChI=1S/C25H18ClN3O4/c1-2-32-24-13-17(11-21(15-28)18-7-9-22(10-8-18)29(30)31)12-23(26)25(24)33-16-20-6-4-3-5-19(20)14-27/h3-13H,2,16H2,1H3/b21-11+. The van der Waals surface area contributed by atoms with Crippen LogP contribution in [0.3, 0.4) is 0 Å². The largest absolute Gasteiger partial charge is 0.490 e. The van der Waals surface area contributed by atoms with Crippen LogP contribution in [0.5, 0.6) is 11.5 Å². The molecule has 0 saturated carbocycles. The van der Waals surface area contributed by atoms with Crippen LogP contribution in [0.1, 0.15) is 29.2 Å². The van der Waals surface area contributed by atoms with Crippen molar-refractivity contribution in [1.29, 1.82) is 10.5 Å². The summed E-state index contributed by atoms with van der Waals surface area (Å²) in [5.74, 6) is 0.726. The predicted molar refractivity (Wildman–Crippen MR) is 125 cm³/mol. The second-order valence-electron chi connectivity index (χ2n) is 6.79. The van der Waals surface area contributed by atoms with Gasteiger partial charge in [-0.05, 0) is 54.5 Å². The van der Waals surface area contributed by atoms with Crippen molar-refractivity contribution >= 4 is 28.9 Å². The average Bonchev–Trinajstić information content (AvgIpc) is 2.82. The third kappa shape index (κ3) is 5.68. The van der Waals surface area contributed by atoms with Gasteiger partial charge < -0.3 is 9.47 Å². The molecule has 0 unspecified atom stereocenters. The van der Waals surface area contributed by atoms with Crippen molar-refractivity contribution in [3.63, 3.8) is 0 Å². The van der Waals surface area contributed by atoms with Crippen LogP contribution < -0.4 is 9.47 Å². The van der Waals surface area contributed by atoms with Crippen LogP contribution in [-0.4, -0.2) is 11.5 Å². The lowest BCUT2D eigenvalue weighted by molar-refractivity contribution is -0.384. The summed E-state index contributed by atoms with van der Waals surface area (Å²) < 4.78 is 11.6. The Labute approximate surface area is 195 Å². The van der Waals surface area contributed by atoms with E-state index in [9.17, 15) is 20.6 Å². The van der Waals surface area contributed by atoms with Gasteiger partial charge >= 0.3 is 0 Å². The Balaban J connectivity index is 1.93. The maximum Gasteiger partial charge on any atom is 0.269 e. The Bertz CT molecular complexity index is 1290. The van der Waals surface area contributed by atoms with E-state index in [0.29, 0.717) is 45.9 Å². The van der Waals surface area contributed by atoms with Crippen molar-refractivity contribution in [2.24, 2.45) is 0 Å². The Hall–Kier alpha value is -4.33. The molecule has 0 amide bonds. The fraction of sp³-hybridized carbons (Fsp3) is 0.120. The van der Waals surface area contributed by atoms with E-state index in [1.54, 1.807) is 36.4 Å².